The van der Waals surface area contributed by atoms with Gasteiger partial charge in [-0.2, -0.15) is 0 Å². The Morgan fingerprint density at radius 2 is 2.12 bits per heavy atom. The highest BCUT2D eigenvalue weighted by atomic mass is 16.5. The molecule has 0 aliphatic rings. The van der Waals surface area contributed by atoms with Crippen LogP contribution in [-0.2, 0) is 10.2 Å². The molecule has 0 aliphatic heterocycles. The molecule has 2 unspecified atom stereocenters. The lowest BCUT2D eigenvalue weighted by molar-refractivity contribution is -0.138. The molecule has 1 aromatic carbocycles. The van der Waals surface area contributed by atoms with Crippen LogP contribution >= 0.6 is 0 Å². The van der Waals surface area contributed by atoms with Gasteiger partial charge in [-0.15, -0.1) is 0 Å². The van der Waals surface area contributed by atoms with E-state index in [1.807, 2.05) is 38.1 Å². The average molecular weight is 237 g/mol. The lowest BCUT2D eigenvalue weighted by Crippen LogP contribution is -2.42. The zero-order valence-corrected chi connectivity index (χ0v) is 10.4. The van der Waals surface area contributed by atoms with Crippen molar-refractivity contribution in [3.8, 4) is 5.75 Å². The summed E-state index contributed by atoms with van der Waals surface area (Å²) in [4.78, 5) is 11.0. The van der Waals surface area contributed by atoms with Gasteiger partial charge in [-0.25, -0.2) is 0 Å². The number of methoxy groups -OCH3 is 1. The lowest BCUT2D eigenvalue weighted by Gasteiger charge is -2.33. The molecule has 0 amide bonds. The summed E-state index contributed by atoms with van der Waals surface area (Å²) in [6, 6.07) is 7.11. The fourth-order valence-corrected chi connectivity index (χ4v) is 1.93. The van der Waals surface area contributed by atoms with Crippen LogP contribution in [0.2, 0.25) is 0 Å². The molecule has 0 bridgehead atoms. The Labute approximate surface area is 101 Å². The van der Waals surface area contributed by atoms with Crippen LogP contribution in [0.4, 0.5) is 0 Å². The van der Waals surface area contributed by atoms with E-state index in [-0.39, 0.29) is 12.5 Å². The van der Waals surface area contributed by atoms with Crippen LogP contribution in [0.5, 0.6) is 5.75 Å². The summed E-state index contributed by atoms with van der Waals surface area (Å²) in [5.74, 6) is -0.191. The van der Waals surface area contributed by atoms with Gasteiger partial charge in [0.05, 0.1) is 13.5 Å². The summed E-state index contributed by atoms with van der Waals surface area (Å²) >= 11 is 0. The number of para-hydroxylation sites is 1. The van der Waals surface area contributed by atoms with E-state index in [1.165, 1.54) is 0 Å². The molecule has 0 saturated carbocycles. The van der Waals surface area contributed by atoms with Gasteiger partial charge in [0.1, 0.15) is 5.75 Å². The van der Waals surface area contributed by atoms with Crippen molar-refractivity contribution in [2.75, 3.05) is 7.11 Å². The molecule has 4 heteroatoms. The summed E-state index contributed by atoms with van der Waals surface area (Å²) < 4.78 is 5.27. The smallest absolute Gasteiger partial charge is 0.304 e. The predicted molar refractivity (Wildman–Crippen MR) is 66.2 cm³/mol. The maximum Gasteiger partial charge on any atom is 0.304 e. The highest BCUT2D eigenvalue weighted by Crippen LogP contribution is 2.36. The van der Waals surface area contributed by atoms with Crippen LogP contribution in [0.3, 0.4) is 0 Å². The molecule has 0 heterocycles. The summed E-state index contributed by atoms with van der Waals surface area (Å²) in [6.45, 7) is 3.67. The molecule has 17 heavy (non-hydrogen) atoms. The molecule has 0 fully saturated rings. The molecule has 94 valence electrons. The number of nitrogens with two attached hydrogens (primary N) is 1. The number of carbonyl (C=O) groups is 1. The molecule has 4 nitrogen and oxygen atoms in total. The molecule has 2 atom stereocenters. The molecule has 0 saturated heterocycles. The topological polar surface area (TPSA) is 72.5 Å². The van der Waals surface area contributed by atoms with Gasteiger partial charge in [-0.05, 0) is 13.0 Å². The maximum atomic E-state index is 11.0. The monoisotopic (exact) mass is 237 g/mol. The fraction of sp³-hybridized carbons (Fsp3) is 0.462. The first-order valence-electron chi connectivity index (χ1n) is 5.52. The number of ether oxygens (including phenoxy) is 1. The first-order chi connectivity index (χ1) is 7.91. The van der Waals surface area contributed by atoms with Gasteiger partial charge in [0, 0.05) is 17.0 Å². The zero-order chi connectivity index (χ0) is 13.1. The second-order valence-electron chi connectivity index (χ2n) is 4.48. The van der Waals surface area contributed by atoms with Crippen molar-refractivity contribution in [1.82, 2.24) is 0 Å². The first kappa shape index (κ1) is 13.5. The van der Waals surface area contributed by atoms with Crippen molar-refractivity contribution in [2.45, 2.75) is 31.7 Å². The van der Waals surface area contributed by atoms with Crippen molar-refractivity contribution >= 4 is 5.97 Å². The molecular formula is C13H19NO3. The van der Waals surface area contributed by atoms with Crippen LogP contribution in [-0.4, -0.2) is 24.2 Å². The van der Waals surface area contributed by atoms with E-state index in [0.29, 0.717) is 5.75 Å². The SMILES string of the molecule is COc1ccccc1C(C)(CC(=O)O)C(C)N. The molecule has 0 aliphatic carbocycles. The summed E-state index contributed by atoms with van der Waals surface area (Å²) in [5, 5.41) is 9.03. The fourth-order valence-electron chi connectivity index (χ4n) is 1.93. The third-order valence-electron chi connectivity index (χ3n) is 3.25. The van der Waals surface area contributed by atoms with Gasteiger partial charge in [-0.3, -0.25) is 4.79 Å². The largest absolute Gasteiger partial charge is 0.496 e. The number of carboxylic acids is 1. The summed E-state index contributed by atoms with van der Waals surface area (Å²) in [5.41, 5.74) is 6.15. The summed E-state index contributed by atoms with van der Waals surface area (Å²) in [6.07, 6.45) is -0.0228. The van der Waals surface area contributed by atoms with Gasteiger partial charge in [0.25, 0.3) is 0 Å². The van der Waals surface area contributed by atoms with Crippen molar-refractivity contribution < 1.29 is 14.6 Å². The summed E-state index contributed by atoms with van der Waals surface area (Å²) in [7, 11) is 1.57. The van der Waals surface area contributed by atoms with E-state index < -0.39 is 11.4 Å². The molecule has 0 aromatic heterocycles. The van der Waals surface area contributed by atoms with Gasteiger partial charge in [0.2, 0.25) is 0 Å². The van der Waals surface area contributed by atoms with Crippen LogP contribution in [0, 0.1) is 0 Å². The Balaban J connectivity index is 3.26. The lowest BCUT2D eigenvalue weighted by atomic mass is 9.74. The van der Waals surface area contributed by atoms with Gasteiger partial charge < -0.3 is 15.6 Å². The normalized spacial score (nSPS) is 16.0. The quantitative estimate of drug-likeness (QED) is 0.818. The van der Waals surface area contributed by atoms with Gasteiger partial charge in [-0.1, -0.05) is 25.1 Å². The van der Waals surface area contributed by atoms with Crippen LogP contribution < -0.4 is 10.5 Å². The van der Waals surface area contributed by atoms with Crippen molar-refractivity contribution in [2.24, 2.45) is 5.73 Å². The van der Waals surface area contributed by atoms with E-state index >= 15 is 0 Å². The second-order valence-corrected chi connectivity index (χ2v) is 4.48. The van der Waals surface area contributed by atoms with Gasteiger partial charge >= 0.3 is 5.97 Å². The Hall–Kier alpha value is -1.55. The van der Waals surface area contributed by atoms with Crippen LogP contribution in [0.15, 0.2) is 24.3 Å². The first-order valence-corrected chi connectivity index (χ1v) is 5.52. The minimum absolute atomic E-state index is 0.0228. The maximum absolute atomic E-state index is 11.0. The minimum Gasteiger partial charge on any atom is -0.496 e. The highest BCUT2D eigenvalue weighted by molar-refractivity contribution is 5.69. The van der Waals surface area contributed by atoms with E-state index in [0.717, 1.165) is 5.56 Å². The molecule has 3 N–H and O–H groups in total. The van der Waals surface area contributed by atoms with Gasteiger partial charge in [0.15, 0.2) is 0 Å². The van der Waals surface area contributed by atoms with Crippen LogP contribution in [0.1, 0.15) is 25.8 Å². The molecule has 1 aromatic rings. The van der Waals surface area contributed by atoms with Crippen LogP contribution in [0.25, 0.3) is 0 Å². The van der Waals surface area contributed by atoms with Crippen molar-refractivity contribution in [3.63, 3.8) is 0 Å². The van der Waals surface area contributed by atoms with Crippen molar-refractivity contribution in [1.29, 1.82) is 0 Å². The third kappa shape index (κ3) is 2.77. The molecular weight excluding hydrogens is 218 g/mol. The van der Waals surface area contributed by atoms with Crippen molar-refractivity contribution in [3.05, 3.63) is 29.8 Å². The number of aliphatic carboxylic acids is 1. The number of hydrogen-bond donors (Lipinski definition) is 2. The second kappa shape index (κ2) is 5.19. The number of carboxylic acid groups (broad SMARTS) is 1. The third-order valence-corrected chi connectivity index (χ3v) is 3.25. The molecule has 1 rings (SSSR count). The standard InChI is InChI=1S/C13H19NO3/c1-9(14)13(2,8-12(15)16)10-6-4-5-7-11(10)17-3/h4-7,9H,8,14H2,1-3H3,(H,15,16). The molecule has 0 spiro atoms. The van der Waals surface area contributed by atoms with E-state index in [9.17, 15) is 4.79 Å². The van der Waals surface area contributed by atoms with E-state index in [2.05, 4.69) is 0 Å². The Bertz CT molecular complexity index is 403. The average Bonchev–Trinajstić information content (AvgIpc) is 2.27. The Morgan fingerprint density at radius 3 is 2.59 bits per heavy atom. The zero-order valence-electron chi connectivity index (χ0n) is 10.4. The Morgan fingerprint density at radius 1 is 1.53 bits per heavy atom. The Kier molecular flexibility index (Phi) is 4.12. The van der Waals surface area contributed by atoms with E-state index in [4.69, 9.17) is 15.6 Å². The predicted octanol–water partition coefficient (Wildman–Crippen LogP) is 1.77. The number of rotatable bonds is 5. The minimum atomic E-state index is -0.865. The molecule has 0 radical (unpaired) electrons. The van der Waals surface area contributed by atoms with E-state index in [1.54, 1.807) is 7.11 Å². The number of benzene rings is 1. The number of hydrogen-bond acceptors (Lipinski definition) is 3. The highest BCUT2D eigenvalue weighted by Gasteiger charge is 2.35.